The van der Waals surface area contributed by atoms with Gasteiger partial charge in [-0.25, -0.2) is 0 Å². The van der Waals surface area contributed by atoms with Gasteiger partial charge in [-0.3, -0.25) is 0 Å². The molecular weight excluding hydrogens is 120 g/mol. The monoisotopic (exact) mass is 132 g/mol. The molecule has 0 aromatic rings. The van der Waals surface area contributed by atoms with Gasteiger partial charge in [0.2, 0.25) is 0 Å². The Morgan fingerprint density at radius 2 is 2.11 bits per heavy atom. The van der Waals surface area contributed by atoms with E-state index in [2.05, 4.69) is 0 Å². The van der Waals surface area contributed by atoms with E-state index in [-0.39, 0.29) is 6.10 Å². The molecule has 0 aliphatic carbocycles. The number of rotatable bonds is 1. The molecular formula is C6H12O3. The first-order valence-corrected chi connectivity index (χ1v) is 3.26. The molecule has 54 valence electrons. The molecule has 3 nitrogen and oxygen atoms in total. The van der Waals surface area contributed by atoms with Crippen LogP contribution in [0.1, 0.15) is 13.3 Å². The first kappa shape index (κ1) is 6.99. The van der Waals surface area contributed by atoms with Crippen LogP contribution in [0.25, 0.3) is 0 Å². The summed E-state index contributed by atoms with van der Waals surface area (Å²) < 4.78 is 10.1. The van der Waals surface area contributed by atoms with Gasteiger partial charge < -0.3 is 14.6 Å². The van der Waals surface area contributed by atoms with Gasteiger partial charge in [0, 0.05) is 0 Å². The Hall–Kier alpha value is -0.120. The predicted molar refractivity (Wildman–Crippen MR) is 32.0 cm³/mol. The summed E-state index contributed by atoms with van der Waals surface area (Å²) in [5.41, 5.74) is 0. The second-order valence-corrected chi connectivity index (χ2v) is 2.08. The Labute approximate surface area is 54.6 Å². The van der Waals surface area contributed by atoms with Gasteiger partial charge in [-0.05, 0) is 6.42 Å². The van der Waals surface area contributed by atoms with E-state index >= 15 is 0 Å². The zero-order valence-electron chi connectivity index (χ0n) is 5.54. The Bertz CT molecular complexity index is 84.4. The predicted octanol–water partition coefficient (Wildman–Crippen LogP) is 0.130. The van der Waals surface area contributed by atoms with Crippen LogP contribution in [0, 0.1) is 0 Å². The van der Waals surface area contributed by atoms with Crippen molar-refractivity contribution in [3.8, 4) is 0 Å². The van der Waals surface area contributed by atoms with E-state index in [9.17, 15) is 0 Å². The smallest absolute Gasteiger partial charge is 0.181 e. The van der Waals surface area contributed by atoms with Crippen molar-refractivity contribution in [1.82, 2.24) is 0 Å². The number of hydrogen-bond donors (Lipinski definition) is 1. The van der Waals surface area contributed by atoms with Crippen LogP contribution in [0.3, 0.4) is 0 Å². The number of aliphatic hydroxyl groups excluding tert-OH is 1. The molecule has 1 heterocycles. The Balaban J connectivity index is 2.30. The zero-order chi connectivity index (χ0) is 6.69. The standard InChI is InChI=1S/C6H12O3/c1-2-5-6(7)9-4-3-8-5/h5-7H,2-4H2,1H3. The van der Waals surface area contributed by atoms with Gasteiger partial charge in [0.25, 0.3) is 0 Å². The molecule has 0 radical (unpaired) electrons. The summed E-state index contributed by atoms with van der Waals surface area (Å²) in [5.74, 6) is 0. The minimum absolute atomic E-state index is 0.112. The molecule has 0 bridgehead atoms. The molecule has 1 N–H and O–H groups in total. The van der Waals surface area contributed by atoms with E-state index in [4.69, 9.17) is 14.6 Å². The fourth-order valence-corrected chi connectivity index (χ4v) is 0.877. The average molecular weight is 132 g/mol. The third kappa shape index (κ3) is 1.64. The minimum atomic E-state index is -0.705. The first-order valence-electron chi connectivity index (χ1n) is 3.26. The molecule has 2 unspecified atom stereocenters. The van der Waals surface area contributed by atoms with Crippen LogP contribution in [0.5, 0.6) is 0 Å². The first-order chi connectivity index (χ1) is 4.34. The van der Waals surface area contributed by atoms with Crippen LogP contribution in [0.4, 0.5) is 0 Å². The minimum Gasteiger partial charge on any atom is -0.371 e. The molecule has 0 saturated carbocycles. The number of aliphatic hydroxyl groups is 1. The molecule has 1 aliphatic rings. The summed E-state index contributed by atoms with van der Waals surface area (Å²) in [6.45, 7) is 3.08. The Morgan fingerprint density at radius 3 is 2.56 bits per heavy atom. The molecule has 0 aromatic heterocycles. The number of ether oxygens (including phenoxy) is 2. The molecule has 2 atom stereocenters. The highest BCUT2D eigenvalue weighted by Gasteiger charge is 2.21. The topological polar surface area (TPSA) is 38.7 Å². The van der Waals surface area contributed by atoms with Gasteiger partial charge in [0.1, 0.15) is 6.10 Å². The lowest BCUT2D eigenvalue weighted by atomic mass is 10.2. The van der Waals surface area contributed by atoms with E-state index in [1.807, 2.05) is 6.92 Å². The van der Waals surface area contributed by atoms with E-state index in [1.165, 1.54) is 0 Å². The molecule has 1 aliphatic heterocycles. The van der Waals surface area contributed by atoms with Gasteiger partial charge in [-0.1, -0.05) is 6.92 Å². The van der Waals surface area contributed by atoms with Crippen molar-refractivity contribution in [3.05, 3.63) is 0 Å². The molecule has 1 rings (SSSR count). The number of hydrogen-bond acceptors (Lipinski definition) is 3. The normalized spacial score (nSPS) is 36.7. The summed E-state index contributed by atoms with van der Waals surface area (Å²) in [6.07, 6.45) is -0.0104. The Kier molecular flexibility index (Phi) is 2.45. The van der Waals surface area contributed by atoms with Gasteiger partial charge >= 0.3 is 0 Å². The fraction of sp³-hybridized carbons (Fsp3) is 1.00. The van der Waals surface area contributed by atoms with E-state index in [0.717, 1.165) is 6.42 Å². The van der Waals surface area contributed by atoms with E-state index in [1.54, 1.807) is 0 Å². The van der Waals surface area contributed by atoms with E-state index in [0.29, 0.717) is 13.2 Å². The molecule has 0 spiro atoms. The second-order valence-electron chi connectivity index (χ2n) is 2.08. The van der Waals surface area contributed by atoms with Gasteiger partial charge in [0.15, 0.2) is 6.29 Å². The highest BCUT2D eigenvalue weighted by Crippen LogP contribution is 2.09. The lowest BCUT2D eigenvalue weighted by molar-refractivity contribution is -0.226. The fourth-order valence-electron chi connectivity index (χ4n) is 0.877. The third-order valence-corrected chi connectivity index (χ3v) is 1.42. The maximum absolute atomic E-state index is 9.02. The quantitative estimate of drug-likeness (QED) is 0.551. The SMILES string of the molecule is CCC1OCCOC1O. The molecule has 1 fully saturated rings. The highest BCUT2D eigenvalue weighted by atomic mass is 16.7. The van der Waals surface area contributed by atoms with Crippen LogP contribution in [0.2, 0.25) is 0 Å². The summed E-state index contributed by atoms with van der Waals surface area (Å²) >= 11 is 0. The van der Waals surface area contributed by atoms with Crippen LogP contribution >= 0.6 is 0 Å². The van der Waals surface area contributed by atoms with Crippen LogP contribution in [-0.4, -0.2) is 30.7 Å². The van der Waals surface area contributed by atoms with Crippen molar-refractivity contribution in [1.29, 1.82) is 0 Å². The van der Waals surface area contributed by atoms with Crippen LogP contribution in [-0.2, 0) is 9.47 Å². The van der Waals surface area contributed by atoms with Crippen molar-refractivity contribution < 1.29 is 14.6 Å². The van der Waals surface area contributed by atoms with E-state index < -0.39 is 6.29 Å². The maximum Gasteiger partial charge on any atom is 0.181 e. The summed E-state index contributed by atoms with van der Waals surface area (Å²) in [4.78, 5) is 0. The second kappa shape index (κ2) is 3.15. The maximum atomic E-state index is 9.02. The lowest BCUT2D eigenvalue weighted by Gasteiger charge is -2.26. The lowest BCUT2D eigenvalue weighted by Crippen LogP contribution is -2.37. The van der Waals surface area contributed by atoms with Crippen LogP contribution in [0.15, 0.2) is 0 Å². The summed E-state index contributed by atoms with van der Waals surface area (Å²) in [6, 6.07) is 0. The molecule has 9 heavy (non-hydrogen) atoms. The molecule has 3 heteroatoms. The average Bonchev–Trinajstić information content (AvgIpc) is 1.89. The van der Waals surface area contributed by atoms with Gasteiger partial charge in [0.05, 0.1) is 13.2 Å². The molecule has 0 aromatic carbocycles. The highest BCUT2D eigenvalue weighted by molar-refractivity contribution is 4.61. The summed E-state index contributed by atoms with van der Waals surface area (Å²) in [5, 5.41) is 9.02. The zero-order valence-corrected chi connectivity index (χ0v) is 5.54. The van der Waals surface area contributed by atoms with Crippen molar-refractivity contribution in [2.24, 2.45) is 0 Å². The largest absolute Gasteiger partial charge is 0.371 e. The van der Waals surface area contributed by atoms with Gasteiger partial charge in [-0.15, -0.1) is 0 Å². The third-order valence-electron chi connectivity index (χ3n) is 1.42. The van der Waals surface area contributed by atoms with Gasteiger partial charge in [-0.2, -0.15) is 0 Å². The van der Waals surface area contributed by atoms with Crippen molar-refractivity contribution in [2.75, 3.05) is 13.2 Å². The molecule has 0 amide bonds. The van der Waals surface area contributed by atoms with Crippen LogP contribution < -0.4 is 0 Å². The van der Waals surface area contributed by atoms with Crippen molar-refractivity contribution in [3.63, 3.8) is 0 Å². The van der Waals surface area contributed by atoms with Crippen molar-refractivity contribution in [2.45, 2.75) is 25.7 Å². The molecule has 1 saturated heterocycles. The Morgan fingerprint density at radius 1 is 1.44 bits per heavy atom. The van der Waals surface area contributed by atoms with Crippen molar-refractivity contribution >= 4 is 0 Å². The summed E-state index contributed by atoms with van der Waals surface area (Å²) in [7, 11) is 0.